The summed E-state index contributed by atoms with van der Waals surface area (Å²) in [5.41, 5.74) is 6.20. The molecule has 0 aliphatic carbocycles. The molecule has 7 nitrogen and oxygen atoms in total. The largest absolute Gasteiger partial charge is 0.325 e. The second kappa shape index (κ2) is 4.71. The molecule has 2 N–H and O–H groups in total. The minimum Gasteiger partial charge on any atom is -0.325 e. The van der Waals surface area contributed by atoms with Crippen LogP contribution in [0.25, 0.3) is 0 Å². The fourth-order valence-electron chi connectivity index (χ4n) is 2.03. The van der Waals surface area contributed by atoms with E-state index in [1.54, 1.807) is 4.68 Å². The van der Waals surface area contributed by atoms with E-state index in [0.29, 0.717) is 32.1 Å². The van der Waals surface area contributed by atoms with Gasteiger partial charge in [-0.15, -0.1) is 5.10 Å². The van der Waals surface area contributed by atoms with Crippen molar-refractivity contribution in [2.24, 2.45) is 11.7 Å². The molecule has 0 radical (unpaired) electrons. The zero-order valence-corrected chi connectivity index (χ0v) is 10.6. The molecule has 1 aliphatic rings. The van der Waals surface area contributed by atoms with Gasteiger partial charge in [-0.05, 0) is 12.3 Å². The molecule has 0 spiro atoms. The normalized spacial score (nSPS) is 22.1. The highest BCUT2D eigenvalue weighted by molar-refractivity contribution is 7.88. The van der Waals surface area contributed by atoms with Gasteiger partial charge in [-0.3, -0.25) is 4.68 Å². The maximum Gasteiger partial charge on any atom is 0.211 e. The Morgan fingerprint density at radius 1 is 1.59 bits per heavy atom. The van der Waals surface area contributed by atoms with E-state index in [0.717, 1.165) is 12.1 Å². The highest BCUT2D eigenvalue weighted by atomic mass is 32.2. The van der Waals surface area contributed by atoms with E-state index in [1.807, 2.05) is 6.20 Å². The van der Waals surface area contributed by atoms with E-state index in [1.165, 1.54) is 10.6 Å². The first-order valence-corrected chi connectivity index (χ1v) is 7.38. The minimum atomic E-state index is -3.06. The van der Waals surface area contributed by atoms with Gasteiger partial charge in [0.05, 0.1) is 11.9 Å². The van der Waals surface area contributed by atoms with Crippen molar-refractivity contribution < 1.29 is 8.42 Å². The topological polar surface area (TPSA) is 94.1 Å². The number of nitrogens with zero attached hydrogens (tertiary/aromatic N) is 4. The lowest BCUT2D eigenvalue weighted by Crippen LogP contribution is -2.28. The molecule has 0 aromatic carbocycles. The molecule has 1 saturated heterocycles. The van der Waals surface area contributed by atoms with Crippen LogP contribution in [0.5, 0.6) is 0 Å². The first kappa shape index (κ1) is 12.5. The van der Waals surface area contributed by atoms with Crippen LogP contribution in [0.2, 0.25) is 0 Å². The molecule has 2 rings (SSSR count). The Labute approximate surface area is 101 Å². The first-order chi connectivity index (χ1) is 7.99. The van der Waals surface area contributed by atoms with Gasteiger partial charge in [0, 0.05) is 32.4 Å². The molecular weight excluding hydrogens is 242 g/mol. The number of hydrogen-bond donors (Lipinski definition) is 1. The SMILES string of the molecule is CS(=O)(=O)N1CC[C@H](Cn2cc(CN)nn2)C1. The third-order valence-electron chi connectivity index (χ3n) is 2.96. The molecule has 17 heavy (non-hydrogen) atoms. The number of hydrogen-bond acceptors (Lipinski definition) is 5. The predicted octanol–water partition coefficient (Wildman–Crippen LogP) is -0.982. The lowest BCUT2D eigenvalue weighted by atomic mass is 10.1. The summed E-state index contributed by atoms with van der Waals surface area (Å²) >= 11 is 0. The molecule has 0 bridgehead atoms. The van der Waals surface area contributed by atoms with Crippen molar-refractivity contribution in [1.29, 1.82) is 0 Å². The summed E-state index contributed by atoms with van der Waals surface area (Å²) in [5.74, 6) is 0.303. The van der Waals surface area contributed by atoms with E-state index < -0.39 is 10.0 Å². The van der Waals surface area contributed by atoms with Crippen LogP contribution in [0.1, 0.15) is 12.1 Å². The molecule has 1 aromatic heterocycles. The van der Waals surface area contributed by atoms with E-state index in [2.05, 4.69) is 10.3 Å². The maximum absolute atomic E-state index is 11.4. The minimum absolute atomic E-state index is 0.303. The van der Waals surface area contributed by atoms with E-state index in [9.17, 15) is 8.42 Å². The molecule has 1 aromatic rings. The van der Waals surface area contributed by atoms with E-state index >= 15 is 0 Å². The number of nitrogens with two attached hydrogens (primary N) is 1. The van der Waals surface area contributed by atoms with Gasteiger partial charge < -0.3 is 5.73 Å². The molecule has 8 heteroatoms. The Kier molecular flexibility index (Phi) is 3.45. The van der Waals surface area contributed by atoms with Crippen molar-refractivity contribution in [3.63, 3.8) is 0 Å². The van der Waals surface area contributed by atoms with Gasteiger partial charge >= 0.3 is 0 Å². The summed E-state index contributed by atoms with van der Waals surface area (Å²) in [6, 6.07) is 0. The highest BCUT2D eigenvalue weighted by Gasteiger charge is 2.28. The van der Waals surface area contributed by atoms with Crippen LogP contribution < -0.4 is 5.73 Å². The molecule has 0 unspecified atom stereocenters. The number of sulfonamides is 1. The molecule has 1 fully saturated rings. The molecular formula is C9H17N5O2S. The van der Waals surface area contributed by atoms with Crippen molar-refractivity contribution in [2.45, 2.75) is 19.5 Å². The maximum atomic E-state index is 11.4. The zero-order valence-electron chi connectivity index (χ0n) is 9.78. The third-order valence-corrected chi connectivity index (χ3v) is 4.23. The van der Waals surface area contributed by atoms with Gasteiger partial charge in [-0.25, -0.2) is 12.7 Å². The summed E-state index contributed by atoms with van der Waals surface area (Å²) in [5, 5.41) is 7.86. The van der Waals surface area contributed by atoms with E-state index in [-0.39, 0.29) is 0 Å². The van der Waals surface area contributed by atoms with Crippen LogP contribution in [0.3, 0.4) is 0 Å². The van der Waals surface area contributed by atoms with Gasteiger partial charge in [0.1, 0.15) is 0 Å². The van der Waals surface area contributed by atoms with Crippen molar-refractivity contribution in [2.75, 3.05) is 19.3 Å². The molecule has 0 amide bonds. The van der Waals surface area contributed by atoms with Gasteiger partial charge in [-0.1, -0.05) is 5.21 Å². The monoisotopic (exact) mass is 259 g/mol. The Morgan fingerprint density at radius 3 is 2.88 bits per heavy atom. The average molecular weight is 259 g/mol. The standard InChI is InChI=1S/C9H17N5O2S/c1-17(15,16)14-3-2-8(6-14)5-13-7-9(4-10)11-12-13/h7-8H,2-6,10H2,1H3/t8-/m1/s1. The van der Waals surface area contributed by atoms with Crippen LogP contribution in [0.4, 0.5) is 0 Å². The van der Waals surface area contributed by atoms with Crippen LogP contribution in [0, 0.1) is 5.92 Å². The molecule has 0 saturated carbocycles. The van der Waals surface area contributed by atoms with Gasteiger partial charge in [0.25, 0.3) is 0 Å². The zero-order chi connectivity index (χ0) is 12.5. The average Bonchev–Trinajstić information content (AvgIpc) is 2.86. The highest BCUT2D eigenvalue weighted by Crippen LogP contribution is 2.20. The van der Waals surface area contributed by atoms with Crippen LogP contribution in [-0.2, 0) is 23.1 Å². The Morgan fingerprint density at radius 2 is 2.35 bits per heavy atom. The summed E-state index contributed by atoms with van der Waals surface area (Å²) in [6.45, 7) is 2.23. The predicted molar refractivity (Wildman–Crippen MR) is 62.4 cm³/mol. The summed E-state index contributed by atoms with van der Waals surface area (Å²) in [7, 11) is -3.06. The lowest BCUT2D eigenvalue weighted by molar-refractivity contribution is 0.410. The summed E-state index contributed by atoms with van der Waals surface area (Å²) in [4.78, 5) is 0. The number of aromatic nitrogens is 3. The van der Waals surface area contributed by atoms with E-state index in [4.69, 9.17) is 5.73 Å². The van der Waals surface area contributed by atoms with Crippen molar-refractivity contribution >= 4 is 10.0 Å². The molecule has 96 valence electrons. The van der Waals surface area contributed by atoms with Gasteiger partial charge in [-0.2, -0.15) is 0 Å². The van der Waals surface area contributed by atoms with Crippen LogP contribution in [0.15, 0.2) is 6.20 Å². The Bertz CT molecular complexity index is 483. The Hall–Kier alpha value is -0.990. The Balaban J connectivity index is 1.94. The van der Waals surface area contributed by atoms with Crippen molar-refractivity contribution in [3.05, 3.63) is 11.9 Å². The third kappa shape index (κ3) is 3.02. The van der Waals surface area contributed by atoms with Crippen LogP contribution in [-0.4, -0.2) is 47.1 Å². The number of rotatable bonds is 4. The first-order valence-electron chi connectivity index (χ1n) is 5.53. The second-order valence-electron chi connectivity index (χ2n) is 4.41. The molecule has 2 heterocycles. The van der Waals surface area contributed by atoms with Gasteiger partial charge in [0.15, 0.2) is 0 Å². The molecule has 1 aliphatic heterocycles. The van der Waals surface area contributed by atoms with Gasteiger partial charge in [0.2, 0.25) is 10.0 Å². The smallest absolute Gasteiger partial charge is 0.211 e. The molecule has 1 atom stereocenters. The van der Waals surface area contributed by atoms with Crippen LogP contribution >= 0.6 is 0 Å². The summed E-state index contributed by atoms with van der Waals surface area (Å²) in [6.07, 6.45) is 3.92. The van der Waals surface area contributed by atoms with Crippen molar-refractivity contribution in [1.82, 2.24) is 19.3 Å². The lowest BCUT2D eigenvalue weighted by Gasteiger charge is -2.12. The fraction of sp³-hybridized carbons (Fsp3) is 0.778. The fourth-order valence-corrected chi connectivity index (χ4v) is 2.95. The van der Waals surface area contributed by atoms with Crippen molar-refractivity contribution in [3.8, 4) is 0 Å². The summed E-state index contributed by atoms with van der Waals surface area (Å²) < 4.78 is 26.0. The quantitative estimate of drug-likeness (QED) is 0.750. The second-order valence-corrected chi connectivity index (χ2v) is 6.39.